The Kier molecular flexibility index (Phi) is 4.96. The van der Waals surface area contributed by atoms with Crippen LogP contribution in [0.25, 0.3) is 0 Å². The number of carbonyl (C=O) groups excluding carboxylic acids is 1. The van der Waals surface area contributed by atoms with E-state index < -0.39 is 5.82 Å². The highest BCUT2D eigenvalue weighted by Crippen LogP contribution is 2.04. The van der Waals surface area contributed by atoms with Crippen molar-refractivity contribution >= 4 is 23.1 Å². The fraction of sp³-hybridized carbons (Fsp3) is 0.364. The second-order valence-electron chi connectivity index (χ2n) is 3.46. The first kappa shape index (κ1) is 13.5. The van der Waals surface area contributed by atoms with Crippen LogP contribution in [0.1, 0.15) is 23.8 Å². The van der Waals surface area contributed by atoms with Crippen molar-refractivity contribution in [3.8, 4) is 0 Å². The summed E-state index contributed by atoms with van der Waals surface area (Å²) in [5.41, 5.74) is 5.60. The number of amides is 1. The Hall–Kier alpha value is -1.56. The third-order valence-electron chi connectivity index (χ3n) is 2.24. The molecule has 6 heteroatoms. The van der Waals surface area contributed by atoms with Crippen molar-refractivity contribution in [1.82, 2.24) is 9.88 Å². The third kappa shape index (κ3) is 4.07. The average molecular weight is 255 g/mol. The van der Waals surface area contributed by atoms with Gasteiger partial charge < -0.3 is 10.6 Å². The molecule has 0 radical (unpaired) electrons. The normalized spacial score (nSPS) is 10.0. The van der Waals surface area contributed by atoms with Crippen LogP contribution in [0.5, 0.6) is 0 Å². The topological polar surface area (TPSA) is 59.2 Å². The fourth-order valence-electron chi connectivity index (χ4n) is 1.31. The number of nitrogens with zero attached hydrogens (tertiary/aromatic N) is 2. The van der Waals surface area contributed by atoms with Gasteiger partial charge in [-0.15, -0.1) is 0 Å². The maximum Gasteiger partial charge on any atom is 0.272 e. The molecule has 0 fully saturated rings. The number of pyridine rings is 1. The van der Waals surface area contributed by atoms with E-state index in [1.54, 1.807) is 4.90 Å². The van der Waals surface area contributed by atoms with E-state index in [1.165, 1.54) is 12.1 Å². The van der Waals surface area contributed by atoms with Gasteiger partial charge in [-0.05, 0) is 19.1 Å². The van der Waals surface area contributed by atoms with Gasteiger partial charge in [0, 0.05) is 19.5 Å². The summed E-state index contributed by atoms with van der Waals surface area (Å²) in [4.78, 5) is 17.6. The summed E-state index contributed by atoms with van der Waals surface area (Å²) >= 11 is 4.76. The Bertz CT molecular complexity index is 408. The fourth-order valence-corrected chi connectivity index (χ4v) is 1.40. The number of thiocarbonyl (C=S) groups is 1. The van der Waals surface area contributed by atoms with Crippen LogP contribution in [0, 0.1) is 5.82 Å². The van der Waals surface area contributed by atoms with E-state index in [-0.39, 0.29) is 11.6 Å². The first-order valence-electron chi connectivity index (χ1n) is 5.23. The summed E-state index contributed by atoms with van der Waals surface area (Å²) in [6.45, 7) is 2.82. The number of nitrogens with two attached hydrogens (primary N) is 1. The van der Waals surface area contributed by atoms with E-state index in [9.17, 15) is 9.18 Å². The van der Waals surface area contributed by atoms with Crippen LogP contribution < -0.4 is 5.73 Å². The molecule has 4 nitrogen and oxygen atoms in total. The van der Waals surface area contributed by atoms with E-state index in [0.717, 1.165) is 6.20 Å². The zero-order valence-electron chi connectivity index (χ0n) is 9.52. The van der Waals surface area contributed by atoms with Crippen LogP contribution in [0.15, 0.2) is 18.3 Å². The van der Waals surface area contributed by atoms with Crippen molar-refractivity contribution in [3.05, 3.63) is 29.8 Å². The van der Waals surface area contributed by atoms with Gasteiger partial charge in [-0.25, -0.2) is 9.37 Å². The van der Waals surface area contributed by atoms with Crippen LogP contribution in [0.4, 0.5) is 4.39 Å². The van der Waals surface area contributed by atoms with Crippen LogP contribution >= 0.6 is 12.2 Å². The second-order valence-corrected chi connectivity index (χ2v) is 3.99. The standard InChI is InChI=1S/C11H14FN3OS/c1-2-15(6-5-10(13)17)11(16)9-4-3-8(12)7-14-9/h3-4,7H,2,5-6H2,1H3,(H2,13,17). The molecule has 0 aliphatic heterocycles. The van der Waals surface area contributed by atoms with Crippen LogP contribution in [0.3, 0.4) is 0 Å². The summed E-state index contributed by atoms with van der Waals surface area (Å²) < 4.78 is 12.7. The number of hydrogen-bond donors (Lipinski definition) is 1. The van der Waals surface area contributed by atoms with Crippen LogP contribution in [0.2, 0.25) is 0 Å². The minimum atomic E-state index is -0.465. The molecule has 17 heavy (non-hydrogen) atoms. The summed E-state index contributed by atoms with van der Waals surface area (Å²) in [6.07, 6.45) is 1.49. The molecule has 1 amide bonds. The largest absolute Gasteiger partial charge is 0.393 e. The molecule has 0 aromatic carbocycles. The van der Waals surface area contributed by atoms with E-state index in [2.05, 4.69) is 4.98 Å². The molecule has 0 spiro atoms. The monoisotopic (exact) mass is 255 g/mol. The molecule has 1 aromatic heterocycles. The molecule has 0 bridgehead atoms. The van der Waals surface area contributed by atoms with Crippen molar-refractivity contribution < 1.29 is 9.18 Å². The second kappa shape index (κ2) is 6.24. The van der Waals surface area contributed by atoms with Gasteiger partial charge in [0.05, 0.1) is 11.2 Å². The summed E-state index contributed by atoms with van der Waals surface area (Å²) in [7, 11) is 0. The number of halogens is 1. The van der Waals surface area contributed by atoms with Gasteiger partial charge in [0.1, 0.15) is 11.5 Å². The summed E-state index contributed by atoms with van der Waals surface area (Å²) in [5.74, 6) is -0.712. The molecular formula is C11H14FN3OS. The first-order valence-corrected chi connectivity index (χ1v) is 5.64. The van der Waals surface area contributed by atoms with E-state index in [0.29, 0.717) is 24.5 Å². The maximum atomic E-state index is 12.7. The lowest BCUT2D eigenvalue weighted by Crippen LogP contribution is -2.34. The molecule has 0 saturated carbocycles. The molecule has 2 N–H and O–H groups in total. The highest BCUT2D eigenvalue weighted by Gasteiger charge is 2.15. The minimum Gasteiger partial charge on any atom is -0.393 e. The van der Waals surface area contributed by atoms with Crippen molar-refractivity contribution in [3.63, 3.8) is 0 Å². The Labute approximate surface area is 105 Å². The molecule has 1 aromatic rings. The highest BCUT2D eigenvalue weighted by atomic mass is 32.1. The SMILES string of the molecule is CCN(CCC(N)=S)C(=O)c1ccc(F)cn1. The lowest BCUT2D eigenvalue weighted by molar-refractivity contribution is 0.0763. The van der Waals surface area contributed by atoms with E-state index >= 15 is 0 Å². The molecule has 0 saturated heterocycles. The van der Waals surface area contributed by atoms with Gasteiger partial charge in [0.15, 0.2) is 0 Å². The van der Waals surface area contributed by atoms with Gasteiger partial charge >= 0.3 is 0 Å². The van der Waals surface area contributed by atoms with Crippen molar-refractivity contribution in [2.24, 2.45) is 5.73 Å². The minimum absolute atomic E-state index is 0.219. The summed E-state index contributed by atoms with van der Waals surface area (Å²) in [6, 6.07) is 2.57. The molecular weight excluding hydrogens is 241 g/mol. The predicted molar refractivity (Wildman–Crippen MR) is 67.2 cm³/mol. The molecule has 1 rings (SSSR count). The Morgan fingerprint density at radius 3 is 2.76 bits per heavy atom. The number of rotatable bonds is 5. The van der Waals surface area contributed by atoms with Gasteiger partial charge in [-0.2, -0.15) is 0 Å². The predicted octanol–water partition coefficient (Wildman–Crippen LogP) is 1.36. The maximum absolute atomic E-state index is 12.7. The zero-order chi connectivity index (χ0) is 12.8. The molecule has 0 unspecified atom stereocenters. The Balaban J connectivity index is 2.71. The zero-order valence-corrected chi connectivity index (χ0v) is 10.3. The Morgan fingerprint density at radius 2 is 2.29 bits per heavy atom. The quantitative estimate of drug-likeness (QED) is 0.807. The van der Waals surface area contributed by atoms with Crippen LogP contribution in [-0.2, 0) is 0 Å². The van der Waals surface area contributed by atoms with Gasteiger partial charge in [0.2, 0.25) is 0 Å². The van der Waals surface area contributed by atoms with Crippen molar-refractivity contribution in [1.29, 1.82) is 0 Å². The third-order valence-corrected chi connectivity index (χ3v) is 2.45. The molecule has 1 heterocycles. The average Bonchev–Trinajstić information content (AvgIpc) is 2.30. The number of carbonyl (C=O) groups is 1. The lowest BCUT2D eigenvalue weighted by Gasteiger charge is -2.19. The number of hydrogen-bond acceptors (Lipinski definition) is 3. The van der Waals surface area contributed by atoms with Crippen LogP contribution in [-0.4, -0.2) is 33.9 Å². The molecule has 92 valence electrons. The molecule has 0 aliphatic carbocycles. The molecule has 0 atom stereocenters. The van der Waals surface area contributed by atoms with E-state index in [1.807, 2.05) is 6.92 Å². The molecule has 0 aliphatic rings. The van der Waals surface area contributed by atoms with Gasteiger partial charge in [0.25, 0.3) is 5.91 Å². The van der Waals surface area contributed by atoms with Crippen molar-refractivity contribution in [2.75, 3.05) is 13.1 Å². The van der Waals surface area contributed by atoms with Gasteiger partial charge in [-0.1, -0.05) is 12.2 Å². The van der Waals surface area contributed by atoms with Gasteiger partial charge in [-0.3, -0.25) is 4.79 Å². The lowest BCUT2D eigenvalue weighted by atomic mass is 10.3. The number of aromatic nitrogens is 1. The first-order chi connectivity index (χ1) is 8.04. The smallest absolute Gasteiger partial charge is 0.272 e. The van der Waals surface area contributed by atoms with E-state index in [4.69, 9.17) is 18.0 Å². The Morgan fingerprint density at radius 1 is 1.59 bits per heavy atom. The van der Waals surface area contributed by atoms with Crippen molar-refractivity contribution in [2.45, 2.75) is 13.3 Å². The summed E-state index contributed by atoms with van der Waals surface area (Å²) in [5, 5.41) is 0. The highest BCUT2D eigenvalue weighted by molar-refractivity contribution is 7.80.